The Balaban J connectivity index is 1.90. The minimum Gasteiger partial charge on any atom is -0.378 e. The second-order valence-electron chi connectivity index (χ2n) is 6.92. The molecule has 1 atom stereocenters. The second-order valence-corrected chi connectivity index (χ2v) is 6.92. The summed E-state index contributed by atoms with van der Waals surface area (Å²) >= 11 is 0. The predicted molar refractivity (Wildman–Crippen MR) is 111 cm³/mol. The van der Waals surface area contributed by atoms with Crippen LogP contribution >= 0.6 is 0 Å². The van der Waals surface area contributed by atoms with E-state index in [9.17, 15) is 9.59 Å². The Bertz CT molecular complexity index is 992. The molecule has 0 saturated carbocycles. The molecule has 146 valence electrons. The molecule has 28 heavy (non-hydrogen) atoms. The number of benzene rings is 1. The molecule has 2 aromatic heterocycles. The zero-order valence-corrected chi connectivity index (χ0v) is 16.6. The van der Waals surface area contributed by atoms with Gasteiger partial charge in [-0.25, -0.2) is 4.98 Å². The minimum atomic E-state index is -0.358. The molecule has 3 aromatic rings. The number of imidazole rings is 1. The number of aromatic nitrogens is 2. The fourth-order valence-electron chi connectivity index (χ4n) is 2.79. The summed E-state index contributed by atoms with van der Waals surface area (Å²) < 4.78 is 1.64. The third-order valence-corrected chi connectivity index (χ3v) is 4.60. The molecule has 2 N–H and O–H groups in total. The summed E-state index contributed by atoms with van der Waals surface area (Å²) in [5, 5.41) is 5.75. The number of nitrogens with zero attached hydrogens (tertiary/aromatic N) is 3. The first-order chi connectivity index (χ1) is 13.4. The van der Waals surface area contributed by atoms with E-state index in [1.165, 1.54) is 0 Å². The fourth-order valence-corrected chi connectivity index (χ4v) is 2.79. The Morgan fingerprint density at radius 1 is 1.11 bits per heavy atom. The van der Waals surface area contributed by atoms with Gasteiger partial charge in [-0.3, -0.25) is 14.0 Å². The van der Waals surface area contributed by atoms with E-state index in [0.717, 1.165) is 12.1 Å². The SMILES string of the molecule is CCC(C)NC(=O)c1nc(C(=O)Nc2ccc(N(C)C)cc2)c2ccccn12. The molecule has 1 unspecified atom stereocenters. The topological polar surface area (TPSA) is 78.7 Å². The van der Waals surface area contributed by atoms with Crippen LogP contribution in [0.5, 0.6) is 0 Å². The van der Waals surface area contributed by atoms with E-state index in [0.29, 0.717) is 11.2 Å². The largest absolute Gasteiger partial charge is 0.378 e. The van der Waals surface area contributed by atoms with Crippen molar-refractivity contribution in [1.29, 1.82) is 0 Å². The van der Waals surface area contributed by atoms with Gasteiger partial charge >= 0.3 is 0 Å². The van der Waals surface area contributed by atoms with Crippen molar-refractivity contribution in [3.05, 3.63) is 60.2 Å². The van der Waals surface area contributed by atoms with E-state index in [1.54, 1.807) is 22.7 Å². The van der Waals surface area contributed by atoms with Gasteiger partial charge in [0.2, 0.25) is 5.82 Å². The van der Waals surface area contributed by atoms with Crippen LogP contribution in [0, 0.1) is 0 Å². The molecule has 0 fully saturated rings. The van der Waals surface area contributed by atoms with Crippen LogP contribution in [0.1, 0.15) is 41.4 Å². The van der Waals surface area contributed by atoms with Crippen LogP contribution in [0.2, 0.25) is 0 Å². The highest BCUT2D eigenvalue weighted by atomic mass is 16.2. The molecule has 0 radical (unpaired) electrons. The molecule has 0 aliphatic heterocycles. The first kappa shape index (κ1) is 19.4. The zero-order valence-electron chi connectivity index (χ0n) is 16.6. The number of hydrogen-bond donors (Lipinski definition) is 2. The van der Waals surface area contributed by atoms with E-state index >= 15 is 0 Å². The molecule has 3 rings (SSSR count). The van der Waals surface area contributed by atoms with Gasteiger partial charge in [0.05, 0.1) is 5.52 Å². The molecule has 0 aliphatic carbocycles. The average molecular weight is 379 g/mol. The second kappa shape index (κ2) is 8.12. The minimum absolute atomic E-state index is 0.0241. The third kappa shape index (κ3) is 3.98. The van der Waals surface area contributed by atoms with E-state index in [1.807, 2.05) is 63.2 Å². The molecule has 7 heteroatoms. The maximum Gasteiger partial charge on any atom is 0.287 e. The van der Waals surface area contributed by atoms with Crippen molar-refractivity contribution in [1.82, 2.24) is 14.7 Å². The summed E-state index contributed by atoms with van der Waals surface area (Å²) in [6, 6.07) is 12.9. The number of amides is 2. The van der Waals surface area contributed by atoms with Crippen molar-refractivity contribution >= 4 is 28.7 Å². The molecular formula is C21H25N5O2. The number of nitrogens with one attached hydrogen (secondary N) is 2. The lowest BCUT2D eigenvalue weighted by Crippen LogP contribution is -2.33. The molecule has 1 aromatic carbocycles. The molecular weight excluding hydrogens is 354 g/mol. The lowest BCUT2D eigenvalue weighted by atomic mass is 10.2. The van der Waals surface area contributed by atoms with Crippen LogP contribution in [0.4, 0.5) is 11.4 Å². The molecule has 7 nitrogen and oxygen atoms in total. The summed E-state index contributed by atoms with van der Waals surface area (Å²) in [5.41, 5.74) is 2.50. The monoisotopic (exact) mass is 379 g/mol. The van der Waals surface area contributed by atoms with Crippen LogP contribution in [0.3, 0.4) is 0 Å². The van der Waals surface area contributed by atoms with Crippen molar-refractivity contribution in [3.63, 3.8) is 0 Å². The van der Waals surface area contributed by atoms with Crippen LogP contribution in [0.25, 0.3) is 5.52 Å². The van der Waals surface area contributed by atoms with Gasteiger partial charge < -0.3 is 15.5 Å². The quantitative estimate of drug-likeness (QED) is 0.689. The number of anilines is 2. The van der Waals surface area contributed by atoms with E-state index < -0.39 is 0 Å². The average Bonchev–Trinajstić information content (AvgIpc) is 3.08. The lowest BCUT2D eigenvalue weighted by Gasteiger charge is -2.12. The number of hydrogen-bond acceptors (Lipinski definition) is 4. The van der Waals surface area contributed by atoms with E-state index in [2.05, 4.69) is 15.6 Å². The summed E-state index contributed by atoms with van der Waals surface area (Å²) in [7, 11) is 3.91. The van der Waals surface area contributed by atoms with Crippen LogP contribution < -0.4 is 15.5 Å². The normalized spacial score (nSPS) is 11.9. The number of fused-ring (bicyclic) bond motifs is 1. The van der Waals surface area contributed by atoms with Gasteiger partial charge in [0.25, 0.3) is 11.8 Å². The summed E-state index contributed by atoms with van der Waals surface area (Å²) in [4.78, 5) is 31.8. The first-order valence-electron chi connectivity index (χ1n) is 9.27. The first-order valence-corrected chi connectivity index (χ1v) is 9.27. The molecule has 0 saturated heterocycles. The lowest BCUT2D eigenvalue weighted by molar-refractivity contribution is 0.0928. The maximum absolute atomic E-state index is 12.8. The molecule has 2 heterocycles. The maximum atomic E-state index is 12.8. The standard InChI is InChI=1S/C21H25N5O2/c1-5-14(2)22-21(28)19-24-18(17-8-6-7-13-26(17)19)20(27)23-15-9-11-16(12-10-15)25(3)4/h6-14H,5H2,1-4H3,(H,22,28)(H,23,27). The van der Waals surface area contributed by atoms with Crippen LogP contribution in [0.15, 0.2) is 48.7 Å². The van der Waals surface area contributed by atoms with Crippen molar-refractivity contribution in [2.45, 2.75) is 26.3 Å². The Hall–Kier alpha value is -3.35. The Labute approximate surface area is 164 Å². The number of rotatable bonds is 6. The van der Waals surface area contributed by atoms with E-state index in [-0.39, 0.29) is 29.4 Å². The van der Waals surface area contributed by atoms with Gasteiger partial charge in [-0.05, 0) is 49.7 Å². The highest BCUT2D eigenvalue weighted by molar-refractivity contribution is 6.09. The Kier molecular flexibility index (Phi) is 5.63. The Morgan fingerprint density at radius 2 is 1.82 bits per heavy atom. The van der Waals surface area contributed by atoms with Gasteiger partial charge in [-0.1, -0.05) is 13.0 Å². The van der Waals surface area contributed by atoms with Gasteiger partial charge in [-0.15, -0.1) is 0 Å². The molecule has 2 amide bonds. The van der Waals surface area contributed by atoms with Gasteiger partial charge in [-0.2, -0.15) is 0 Å². The fraction of sp³-hybridized carbons (Fsp3) is 0.286. The van der Waals surface area contributed by atoms with Gasteiger partial charge in [0.1, 0.15) is 0 Å². The third-order valence-electron chi connectivity index (χ3n) is 4.60. The summed E-state index contributed by atoms with van der Waals surface area (Å²) in [5.74, 6) is -0.460. The van der Waals surface area contributed by atoms with Crippen molar-refractivity contribution in [2.24, 2.45) is 0 Å². The predicted octanol–water partition coefficient (Wildman–Crippen LogP) is 3.18. The van der Waals surface area contributed by atoms with Crippen molar-refractivity contribution < 1.29 is 9.59 Å². The summed E-state index contributed by atoms with van der Waals surface area (Å²) in [6.45, 7) is 3.92. The zero-order chi connectivity index (χ0) is 20.3. The van der Waals surface area contributed by atoms with Crippen molar-refractivity contribution in [2.75, 3.05) is 24.3 Å². The smallest absolute Gasteiger partial charge is 0.287 e. The summed E-state index contributed by atoms with van der Waals surface area (Å²) in [6.07, 6.45) is 2.54. The van der Waals surface area contributed by atoms with Crippen molar-refractivity contribution in [3.8, 4) is 0 Å². The molecule has 0 spiro atoms. The molecule has 0 bridgehead atoms. The number of pyridine rings is 1. The molecule has 0 aliphatic rings. The van der Waals surface area contributed by atoms with Crippen LogP contribution in [-0.2, 0) is 0 Å². The highest BCUT2D eigenvalue weighted by Gasteiger charge is 2.22. The highest BCUT2D eigenvalue weighted by Crippen LogP contribution is 2.18. The van der Waals surface area contributed by atoms with E-state index in [4.69, 9.17) is 0 Å². The Morgan fingerprint density at radius 3 is 2.46 bits per heavy atom. The van der Waals surface area contributed by atoms with Gasteiger partial charge in [0.15, 0.2) is 5.69 Å². The number of carbonyl (C=O) groups is 2. The van der Waals surface area contributed by atoms with Crippen LogP contribution in [-0.4, -0.2) is 41.3 Å². The van der Waals surface area contributed by atoms with Gasteiger partial charge in [0, 0.05) is 37.7 Å². The number of carbonyl (C=O) groups excluding carboxylic acids is 2.